The maximum Gasteiger partial charge on any atom is 0.179 e. The zero-order chi connectivity index (χ0) is 14.3. The van der Waals surface area contributed by atoms with Crippen LogP contribution in [0.15, 0.2) is 12.1 Å². The highest BCUT2D eigenvalue weighted by molar-refractivity contribution is 6.33. The molecule has 0 saturated carbocycles. The average Bonchev–Trinajstić information content (AvgIpc) is 2.44. The molecule has 0 unspecified atom stereocenters. The van der Waals surface area contributed by atoms with Crippen molar-refractivity contribution in [2.45, 2.75) is 13.5 Å². The molecule has 4 nitrogen and oxygen atoms in total. The average molecular weight is 287 g/mol. The summed E-state index contributed by atoms with van der Waals surface area (Å²) in [6.45, 7) is 5.86. The van der Waals surface area contributed by atoms with E-state index in [0.717, 1.165) is 31.7 Å². The number of likely N-dealkylation sites (N-methyl/N-ethyl adjacent to an activating group) is 1. The van der Waals surface area contributed by atoms with E-state index in [0.29, 0.717) is 16.5 Å². The monoisotopic (exact) mass is 286 g/mol. The van der Waals surface area contributed by atoms with Crippen molar-refractivity contribution < 1.29 is 9.47 Å². The highest BCUT2D eigenvalue weighted by Crippen LogP contribution is 2.37. The third kappa shape index (κ3) is 4.56. The number of ether oxygens (including phenoxy) is 2. The minimum absolute atomic E-state index is 0.592. The summed E-state index contributed by atoms with van der Waals surface area (Å²) in [6, 6.07) is 3.83. The zero-order valence-corrected chi connectivity index (χ0v) is 12.9. The van der Waals surface area contributed by atoms with Crippen LogP contribution < -0.4 is 14.8 Å². The summed E-state index contributed by atoms with van der Waals surface area (Å²) < 4.78 is 10.5. The maximum atomic E-state index is 6.31. The summed E-state index contributed by atoms with van der Waals surface area (Å²) >= 11 is 6.31. The molecule has 0 atom stereocenters. The first-order valence-electron chi connectivity index (χ1n) is 6.42. The van der Waals surface area contributed by atoms with E-state index in [1.165, 1.54) is 0 Å². The van der Waals surface area contributed by atoms with Gasteiger partial charge in [-0.1, -0.05) is 24.6 Å². The van der Waals surface area contributed by atoms with Crippen LogP contribution in [0.3, 0.4) is 0 Å². The zero-order valence-electron chi connectivity index (χ0n) is 12.1. The molecule has 0 saturated heterocycles. The van der Waals surface area contributed by atoms with Crippen LogP contribution in [-0.2, 0) is 6.54 Å². The van der Waals surface area contributed by atoms with Crippen molar-refractivity contribution in [1.29, 1.82) is 0 Å². The van der Waals surface area contributed by atoms with Gasteiger partial charge in [-0.25, -0.2) is 0 Å². The number of benzene rings is 1. The van der Waals surface area contributed by atoms with Gasteiger partial charge in [0, 0.05) is 19.6 Å². The number of nitrogens with zero attached hydrogens (tertiary/aromatic N) is 1. The minimum Gasteiger partial charge on any atom is -0.493 e. The van der Waals surface area contributed by atoms with Gasteiger partial charge in [0.1, 0.15) is 0 Å². The first-order chi connectivity index (χ1) is 9.13. The third-order valence-corrected chi connectivity index (χ3v) is 3.50. The molecule has 5 heteroatoms. The smallest absolute Gasteiger partial charge is 0.179 e. The Balaban J connectivity index is 2.59. The Labute approximate surface area is 120 Å². The molecule has 0 aliphatic rings. The van der Waals surface area contributed by atoms with Gasteiger partial charge in [0.25, 0.3) is 0 Å². The summed E-state index contributed by atoms with van der Waals surface area (Å²) in [6.07, 6.45) is 0. The normalized spacial score (nSPS) is 10.8. The van der Waals surface area contributed by atoms with Gasteiger partial charge in [0.2, 0.25) is 0 Å². The molecule has 0 aromatic heterocycles. The van der Waals surface area contributed by atoms with Gasteiger partial charge in [0.05, 0.1) is 19.2 Å². The standard InChI is InChI=1S/C14H23ClN2O2/c1-5-17(2)9-8-16-10-11-6-7-12(18-3)14(19-4)13(11)15/h6-7,16H,5,8-10H2,1-4H3. The van der Waals surface area contributed by atoms with Gasteiger partial charge < -0.3 is 19.7 Å². The number of halogens is 1. The van der Waals surface area contributed by atoms with Gasteiger partial charge in [0.15, 0.2) is 11.5 Å². The van der Waals surface area contributed by atoms with Crippen LogP contribution in [0.25, 0.3) is 0 Å². The van der Waals surface area contributed by atoms with E-state index in [1.54, 1.807) is 14.2 Å². The van der Waals surface area contributed by atoms with E-state index in [9.17, 15) is 0 Å². The predicted octanol–water partition coefficient (Wildman–Crippen LogP) is 2.40. The first-order valence-corrected chi connectivity index (χ1v) is 6.80. The molecule has 0 aliphatic heterocycles. The fraction of sp³-hybridized carbons (Fsp3) is 0.571. The van der Waals surface area contributed by atoms with Gasteiger partial charge >= 0.3 is 0 Å². The Hall–Kier alpha value is -0.970. The molecule has 19 heavy (non-hydrogen) atoms. The van der Waals surface area contributed by atoms with Crippen LogP contribution in [-0.4, -0.2) is 45.8 Å². The van der Waals surface area contributed by atoms with E-state index < -0.39 is 0 Å². The molecular formula is C14H23ClN2O2. The van der Waals surface area contributed by atoms with Crippen molar-refractivity contribution in [3.63, 3.8) is 0 Å². The number of hydrogen-bond acceptors (Lipinski definition) is 4. The molecule has 1 aromatic carbocycles. The van der Waals surface area contributed by atoms with Crippen molar-refractivity contribution in [2.75, 3.05) is 40.9 Å². The van der Waals surface area contributed by atoms with Crippen molar-refractivity contribution in [3.05, 3.63) is 22.7 Å². The molecule has 1 N–H and O–H groups in total. The second kappa shape index (κ2) is 8.25. The molecule has 0 heterocycles. The lowest BCUT2D eigenvalue weighted by molar-refractivity contribution is 0.348. The highest BCUT2D eigenvalue weighted by Gasteiger charge is 2.12. The molecule has 0 bridgehead atoms. The first kappa shape index (κ1) is 16.1. The Kier molecular flexibility index (Phi) is 6.99. The SMILES string of the molecule is CCN(C)CCNCc1ccc(OC)c(OC)c1Cl. The molecular weight excluding hydrogens is 264 g/mol. The topological polar surface area (TPSA) is 33.7 Å². The van der Waals surface area contributed by atoms with Gasteiger partial charge in [-0.05, 0) is 25.2 Å². The second-order valence-corrected chi connectivity index (χ2v) is 4.72. The number of nitrogens with one attached hydrogen (secondary N) is 1. The van der Waals surface area contributed by atoms with Crippen molar-refractivity contribution >= 4 is 11.6 Å². The molecule has 0 amide bonds. The summed E-state index contributed by atoms with van der Waals surface area (Å²) in [7, 11) is 5.30. The molecule has 1 aromatic rings. The van der Waals surface area contributed by atoms with Crippen LogP contribution in [0, 0.1) is 0 Å². The third-order valence-electron chi connectivity index (χ3n) is 3.09. The number of hydrogen-bond donors (Lipinski definition) is 1. The van der Waals surface area contributed by atoms with E-state index >= 15 is 0 Å². The van der Waals surface area contributed by atoms with Crippen molar-refractivity contribution in [1.82, 2.24) is 10.2 Å². The lowest BCUT2D eigenvalue weighted by Crippen LogP contribution is -2.28. The van der Waals surface area contributed by atoms with Crippen molar-refractivity contribution in [3.8, 4) is 11.5 Å². The van der Waals surface area contributed by atoms with Crippen LogP contribution in [0.1, 0.15) is 12.5 Å². The maximum absolute atomic E-state index is 6.31. The molecule has 108 valence electrons. The molecule has 1 rings (SSSR count). The Morgan fingerprint density at radius 2 is 2.00 bits per heavy atom. The number of methoxy groups -OCH3 is 2. The van der Waals surface area contributed by atoms with Crippen LogP contribution in [0.2, 0.25) is 5.02 Å². The van der Waals surface area contributed by atoms with Crippen LogP contribution in [0.5, 0.6) is 11.5 Å². The Bertz CT molecular complexity index is 399. The second-order valence-electron chi connectivity index (χ2n) is 4.35. The van der Waals surface area contributed by atoms with E-state index in [1.807, 2.05) is 12.1 Å². The largest absolute Gasteiger partial charge is 0.493 e. The lowest BCUT2D eigenvalue weighted by atomic mass is 10.2. The molecule has 0 aliphatic carbocycles. The fourth-order valence-electron chi connectivity index (χ4n) is 1.72. The summed E-state index contributed by atoms with van der Waals surface area (Å²) in [4.78, 5) is 2.25. The van der Waals surface area contributed by atoms with Crippen LogP contribution in [0.4, 0.5) is 0 Å². The Morgan fingerprint density at radius 3 is 2.58 bits per heavy atom. The van der Waals surface area contributed by atoms with Gasteiger partial charge in [-0.3, -0.25) is 0 Å². The fourth-order valence-corrected chi connectivity index (χ4v) is 2.02. The molecule has 0 spiro atoms. The molecule has 0 radical (unpaired) electrons. The minimum atomic E-state index is 0.592. The summed E-state index contributed by atoms with van der Waals surface area (Å²) in [5.41, 5.74) is 1.01. The van der Waals surface area contributed by atoms with Crippen molar-refractivity contribution in [2.24, 2.45) is 0 Å². The lowest BCUT2D eigenvalue weighted by Gasteiger charge is -2.15. The van der Waals surface area contributed by atoms with Crippen LogP contribution >= 0.6 is 11.6 Å². The Morgan fingerprint density at radius 1 is 1.26 bits per heavy atom. The van der Waals surface area contributed by atoms with Gasteiger partial charge in [-0.15, -0.1) is 0 Å². The summed E-state index contributed by atoms with van der Waals surface area (Å²) in [5, 5.41) is 3.98. The molecule has 0 fully saturated rings. The number of rotatable bonds is 8. The summed E-state index contributed by atoms with van der Waals surface area (Å²) in [5.74, 6) is 1.25. The quantitative estimate of drug-likeness (QED) is 0.744. The highest BCUT2D eigenvalue weighted by atomic mass is 35.5. The van der Waals surface area contributed by atoms with E-state index in [2.05, 4.69) is 24.2 Å². The predicted molar refractivity (Wildman–Crippen MR) is 79.4 cm³/mol. The van der Waals surface area contributed by atoms with Gasteiger partial charge in [-0.2, -0.15) is 0 Å². The van der Waals surface area contributed by atoms with E-state index in [-0.39, 0.29) is 0 Å². The van der Waals surface area contributed by atoms with E-state index in [4.69, 9.17) is 21.1 Å².